The Morgan fingerprint density at radius 2 is 1.12 bits per heavy atom. The molecule has 0 saturated heterocycles. The van der Waals surface area contributed by atoms with Crippen LogP contribution in [0.1, 0.15) is 41.5 Å². The van der Waals surface area contributed by atoms with Crippen LogP contribution in [0.4, 0.5) is 9.59 Å². The van der Waals surface area contributed by atoms with Crippen molar-refractivity contribution in [2.45, 2.75) is 63.0 Å². The second-order valence-corrected chi connectivity index (χ2v) is 10.7. The number of ether oxygens (including phenoxy) is 2. The third-order valence-electron chi connectivity index (χ3n) is 2.25. The van der Waals surface area contributed by atoms with E-state index in [0.29, 0.717) is 13.1 Å². The average molecular weight is 376 g/mol. The van der Waals surface area contributed by atoms with Gasteiger partial charge in [-0.25, -0.2) is 9.59 Å². The molecule has 2 N–H and O–H groups in total. The van der Waals surface area contributed by atoms with Crippen molar-refractivity contribution < 1.29 is 19.1 Å². The number of hydrogen-bond acceptors (Lipinski definition) is 6. The van der Waals surface area contributed by atoms with E-state index < -0.39 is 23.4 Å². The van der Waals surface area contributed by atoms with Crippen LogP contribution >= 0.6 is 21.6 Å². The van der Waals surface area contributed by atoms with E-state index in [-0.39, 0.29) is 10.3 Å². The maximum atomic E-state index is 11.6. The molecule has 0 aliphatic heterocycles. The first-order valence-electron chi connectivity index (χ1n) is 8.04. The topological polar surface area (TPSA) is 76.7 Å². The highest BCUT2D eigenvalue weighted by Crippen LogP contribution is 2.28. The molecule has 0 bridgehead atoms. The fourth-order valence-electron chi connectivity index (χ4n) is 1.34. The molecule has 2 amide bonds. The van der Waals surface area contributed by atoms with Gasteiger partial charge in [0.1, 0.15) is 26.9 Å². The molecular weight excluding hydrogens is 346 g/mol. The van der Waals surface area contributed by atoms with Crippen LogP contribution in [0.2, 0.25) is 0 Å². The minimum absolute atomic E-state index is 0.228. The Hall–Kier alpha value is -0.630. The van der Waals surface area contributed by atoms with Crippen LogP contribution in [0.15, 0.2) is 0 Å². The van der Waals surface area contributed by atoms with Gasteiger partial charge in [-0.3, -0.25) is 0 Å². The largest absolute Gasteiger partial charge is 0.444 e. The highest BCUT2D eigenvalue weighted by Gasteiger charge is 2.18. The number of nitrogens with one attached hydrogen (secondary N) is 2. The van der Waals surface area contributed by atoms with Gasteiger partial charge < -0.3 is 20.1 Å². The first kappa shape index (κ1) is 23.4. The van der Waals surface area contributed by atoms with Crippen molar-refractivity contribution in [2.24, 2.45) is 0 Å². The predicted octanol–water partition coefficient (Wildman–Crippen LogP) is 1.34. The molecule has 0 rings (SSSR count). The maximum absolute atomic E-state index is 11.6. The molecule has 24 heavy (non-hydrogen) atoms. The van der Waals surface area contributed by atoms with Crippen molar-refractivity contribution in [3.8, 4) is 0 Å². The minimum atomic E-state index is -0.489. The molecule has 0 heterocycles. The third kappa shape index (κ3) is 14.9. The smallest absolute Gasteiger partial charge is 0.407 e. The second-order valence-electron chi connectivity index (χ2n) is 7.58. The summed E-state index contributed by atoms with van der Waals surface area (Å²) in [4.78, 5) is 23.2. The van der Waals surface area contributed by atoms with Gasteiger partial charge in [0.2, 0.25) is 0 Å². The van der Waals surface area contributed by atoms with Gasteiger partial charge in [-0.2, -0.15) is 0 Å². The number of carbonyl (C=O) groups is 2. The van der Waals surface area contributed by atoms with E-state index in [4.69, 9.17) is 9.47 Å². The Bertz CT molecular complexity index is 377. The Balaban J connectivity index is 3.88. The molecule has 10 heteroatoms. The standard InChI is InChI=1S/C14H30B2N2O4S2/c1-13(2,3)21-11(19)17-7-9(15)23-24-10(16)8-18-12(20)22-14(4,5)6/h9-10H,7-8,15-16H2,1-6H3,(H,17,19)(H,18,20). The van der Waals surface area contributed by atoms with Crippen LogP contribution in [0.5, 0.6) is 0 Å². The summed E-state index contributed by atoms with van der Waals surface area (Å²) >= 11 is 0. The SMILES string of the molecule is BC(CNC(=O)OC(C)(C)C)SSC(B)CNC(=O)OC(C)(C)C. The summed E-state index contributed by atoms with van der Waals surface area (Å²) in [6.45, 7) is 12.1. The van der Waals surface area contributed by atoms with Crippen molar-refractivity contribution >= 4 is 49.5 Å². The Kier molecular flexibility index (Phi) is 10.1. The number of hydrogen-bond donors (Lipinski definition) is 2. The van der Waals surface area contributed by atoms with Gasteiger partial charge in [-0.15, -0.1) is 0 Å². The van der Waals surface area contributed by atoms with Crippen LogP contribution in [-0.4, -0.2) is 62.5 Å². The fourth-order valence-corrected chi connectivity index (χ4v) is 3.57. The van der Waals surface area contributed by atoms with E-state index in [1.54, 1.807) is 21.6 Å². The molecule has 0 radical (unpaired) electrons. The molecule has 0 saturated carbocycles. The van der Waals surface area contributed by atoms with Crippen molar-refractivity contribution in [3.05, 3.63) is 0 Å². The van der Waals surface area contributed by atoms with Gasteiger partial charge >= 0.3 is 12.2 Å². The lowest BCUT2D eigenvalue weighted by molar-refractivity contribution is 0.0518. The molecule has 0 aliphatic rings. The van der Waals surface area contributed by atoms with Gasteiger partial charge in [-0.05, 0) is 41.5 Å². The van der Waals surface area contributed by atoms with Crippen molar-refractivity contribution in [1.82, 2.24) is 10.6 Å². The van der Waals surface area contributed by atoms with E-state index in [9.17, 15) is 9.59 Å². The van der Waals surface area contributed by atoms with Crippen LogP contribution < -0.4 is 10.6 Å². The second kappa shape index (κ2) is 10.4. The number of rotatable bonds is 7. The van der Waals surface area contributed by atoms with Gasteiger partial charge in [-0.1, -0.05) is 21.6 Å². The summed E-state index contributed by atoms with van der Waals surface area (Å²) < 4.78 is 10.4. The highest BCUT2D eigenvalue weighted by atomic mass is 33.1. The zero-order valence-electron chi connectivity index (χ0n) is 16.0. The molecule has 6 nitrogen and oxygen atoms in total. The zero-order valence-corrected chi connectivity index (χ0v) is 17.7. The molecule has 0 aromatic carbocycles. The zero-order chi connectivity index (χ0) is 19.0. The molecule has 0 spiro atoms. The van der Waals surface area contributed by atoms with Gasteiger partial charge in [0.25, 0.3) is 0 Å². The number of amides is 2. The van der Waals surface area contributed by atoms with Crippen LogP contribution in [0.25, 0.3) is 0 Å². The van der Waals surface area contributed by atoms with E-state index in [2.05, 4.69) is 10.6 Å². The predicted molar refractivity (Wildman–Crippen MR) is 108 cm³/mol. The van der Waals surface area contributed by atoms with E-state index in [1.807, 2.05) is 57.2 Å². The van der Waals surface area contributed by atoms with Crippen molar-refractivity contribution in [2.75, 3.05) is 13.1 Å². The summed E-state index contributed by atoms with van der Waals surface area (Å²) in [5, 5.41) is 5.96. The fraction of sp³-hybridized carbons (Fsp3) is 0.857. The van der Waals surface area contributed by atoms with E-state index in [1.165, 1.54) is 0 Å². The summed E-state index contributed by atoms with van der Waals surface area (Å²) in [6.07, 6.45) is -0.806. The Labute approximate surface area is 155 Å². The number of alkyl carbamates (subject to hydrolysis) is 2. The third-order valence-corrected chi connectivity index (χ3v) is 5.66. The average Bonchev–Trinajstić information content (AvgIpc) is 2.36. The summed E-state index contributed by atoms with van der Waals surface area (Å²) in [5.41, 5.74) is -0.978. The molecule has 2 atom stereocenters. The van der Waals surface area contributed by atoms with Crippen molar-refractivity contribution in [3.63, 3.8) is 0 Å². The van der Waals surface area contributed by atoms with Crippen LogP contribution in [-0.2, 0) is 9.47 Å². The minimum Gasteiger partial charge on any atom is -0.444 e. The van der Waals surface area contributed by atoms with E-state index >= 15 is 0 Å². The van der Waals surface area contributed by atoms with Gasteiger partial charge in [0, 0.05) is 23.4 Å². The normalized spacial score (nSPS) is 14.4. The highest BCUT2D eigenvalue weighted by molar-refractivity contribution is 8.77. The van der Waals surface area contributed by atoms with Crippen molar-refractivity contribution in [1.29, 1.82) is 0 Å². The molecular formula is C14H30B2N2O4S2. The lowest BCUT2D eigenvalue weighted by Gasteiger charge is -2.22. The summed E-state index contributed by atoms with van der Waals surface area (Å²) in [5.74, 6) is 0. The summed E-state index contributed by atoms with van der Waals surface area (Å²) in [7, 11) is 7.39. The Morgan fingerprint density at radius 3 is 1.38 bits per heavy atom. The Morgan fingerprint density at radius 1 is 0.833 bits per heavy atom. The quantitative estimate of drug-likeness (QED) is 0.516. The first-order valence-corrected chi connectivity index (χ1v) is 10.3. The van der Waals surface area contributed by atoms with Crippen LogP contribution in [0, 0.1) is 0 Å². The molecule has 0 aromatic heterocycles. The lowest BCUT2D eigenvalue weighted by atomic mass is 10.1. The molecule has 138 valence electrons. The first-order chi connectivity index (χ1) is 10.8. The lowest BCUT2D eigenvalue weighted by Crippen LogP contribution is -2.37. The molecule has 0 aliphatic carbocycles. The van der Waals surface area contributed by atoms with Gasteiger partial charge in [0.15, 0.2) is 0 Å². The van der Waals surface area contributed by atoms with Crippen LogP contribution in [0.3, 0.4) is 0 Å². The van der Waals surface area contributed by atoms with Gasteiger partial charge in [0.05, 0.1) is 0 Å². The maximum Gasteiger partial charge on any atom is 0.407 e. The monoisotopic (exact) mass is 376 g/mol. The molecule has 2 unspecified atom stereocenters. The molecule has 0 aromatic rings. The van der Waals surface area contributed by atoms with E-state index in [0.717, 1.165) is 0 Å². The summed E-state index contributed by atoms with van der Waals surface area (Å²) in [6, 6.07) is 0. The number of carbonyl (C=O) groups excluding carboxylic acids is 2. The molecule has 0 fully saturated rings.